The van der Waals surface area contributed by atoms with Crippen LogP contribution in [-0.4, -0.2) is 28.3 Å². The molecule has 0 aliphatic carbocycles. The van der Waals surface area contributed by atoms with E-state index in [1.54, 1.807) is 30.0 Å². The average Bonchev–Trinajstić information content (AvgIpc) is 2.92. The molecule has 3 rings (SSSR count). The lowest BCUT2D eigenvalue weighted by Gasteiger charge is -2.18. The number of hydrogen-bond donors (Lipinski definition) is 1. The predicted molar refractivity (Wildman–Crippen MR) is 91.7 cm³/mol. The molecule has 2 aromatic rings. The Morgan fingerprint density at radius 2 is 2.00 bits per heavy atom. The van der Waals surface area contributed by atoms with Crippen LogP contribution >= 0.6 is 0 Å². The third-order valence-electron chi connectivity index (χ3n) is 4.33. The molecule has 7 heteroatoms. The van der Waals surface area contributed by atoms with E-state index in [-0.39, 0.29) is 23.5 Å². The SMILES string of the molecule is Cc1cc([N+](=O)[O-])ccc1NC1CCN(Cc2ccc(F)cc2)C1=O. The average molecular weight is 343 g/mol. The van der Waals surface area contributed by atoms with Crippen molar-refractivity contribution in [3.63, 3.8) is 0 Å². The number of likely N-dealkylation sites (tertiary alicyclic amines) is 1. The molecule has 0 spiro atoms. The van der Waals surface area contributed by atoms with Gasteiger partial charge in [-0.15, -0.1) is 0 Å². The van der Waals surface area contributed by atoms with Crippen molar-refractivity contribution in [1.29, 1.82) is 0 Å². The summed E-state index contributed by atoms with van der Waals surface area (Å²) in [4.78, 5) is 24.6. The summed E-state index contributed by atoms with van der Waals surface area (Å²) in [5.41, 5.74) is 2.34. The zero-order chi connectivity index (χ0) is 18.0. The van der Waals surface area contributed by atoms with Crippen LogP contribution in [0.2, 0.25) is 0 Å². The van der Waals surface area contributed by atoms with E-state index in [1.165, 1.54) is 24.3 Å². The molecule has 1 fully saturated rings. The number of anilines is 1. The number of non-ortho nitro benzene ring substituents is 1. The van der Waals surface area contributed by atoms with Gasteiger partial charge in [0, 0.05) is 30.9 Å². The van der Waals surface area contributed by atoms with Gasteiger partial charge in [-0.2, -0.15) is 0 Å². The molecule has 2 aromatic carbocycles. The Morgan fingerprint density at radius 3 is 2.64 bits per heavy atom. The van der Waals surface area contributed by atoms with Crippen molar-refractivity contribution >= 4 is 17.3 Å². The van der Waals surface area contributed by atoms with E-state index in [9.17, 15) is 19.3 Å². The normalized spacial score (nSPS) is 17.0. The summed E-state index contributed by atoms with van der Waals surface area (Å²) in [7, 11) is 0. The fraction of sp³-hybridized carbons (Fsp3) is 0.278. The number of rotatable bonds is 5. The van der Waals surface area contributed by atoms with Crippen LogP contribution < -0.4 is 5.32 Å². The van der Waals surface area contributed by atoms with Gasteiger partial charge in [0.05, 0.1) is 4.92 Å². The first kappa shape index (κ1) is 16.9. The van der Waals surface area contributed by atoms with Crippen LogP contribution in [0.1, 0.15) is 17.5 Å². The fourth-order valence-electron chi connectivity index (χ4n) is 2.95. The number of aryl methyl sites for hydroxylation is 1. The number of benzene rings is 2. The molecule has 0 aromatic heterocycles. The number of carbonyl (C=O) groups is 1. The Labute approximate surface area is 144 Å². The van der Waals surface area contributed by atoms with Gasteiger partial charge in [0.25, 0.3) is 5.69 Å². The first-order chi connectivity index (χ1) is 11.9. The van der Waals surface area contributed by atoms with Gasteiger partial charge in [0.1, 0.15) is 11.9 Å². The predicted octanol–water partition coefficient (Wildman–Crippen LogP) is 3.26. The van der Waals surface area contributed by atoms with E-state index in [4.69, 9.17) is 0 Å². The second kappa shape index (κ2) is 6.88. The monoisotopic (exact) mass is 343 g/mol. The smallest absolute Gasteiger partial charge is 0.269 e. The first-order valence-corrected chi connectivity index (χ1v) is 7.99. The van der Waals surface area contributed by atoms with Crippen molar-refractivity contribution in [3.05, 3.63) is 69.5 Å². The van der Waals surface area contributed by atoms with Crippen LogP contribution in [0.15, 0.2) is 42.5 Å². The highest BCUT2D eigenvalue weighted by atomic mass is 19.1. The van der Waals surface area contributed by atoms with Crippen LogP contribution in [0.3, 0.4) is 0 Å². The van der Waals surface area contributed by atoms with Crippen LogP contribution in [0.5, 0.6) is 0 Å². The Kier molecular flexibility index (Phi) is 4.65. The molecule has 1 aliphatic rings. The molecule has 0 bridgehead atoms. The van der Waals surface area contributed by atoms with Crippen molar-refractivity contribution in [2.24, 2.45) is 0 Å². The first-order valence-electron chi connectivity index (χ1n) is 7.99. The lowest BCUT2D eigenvalue weighted by molar-refractivity contribution is -0.384. The number of halogens is 1. The molecule has 25 heavy (non-hydrogen) atoms. The fourth-order valence-corrected chi connectivity index (χ4v) is 2.95. The molecule has 1 saturated heterocycles. The number of nitro groups is 1. The zero-order valence-electron chi connectivity index (χ0n) is 13.7. The number of hydrogen-bond acceptors (Lipinski definition) is 4. The second-order valence-electron chi connectivity index (χ2n) is 6.13. The molecule has 0 radical (unpaired) electrons. The number of amides is 1. The highest BCUT2D eigenvalue weighted by Gasteiger charge is 2.31. The maximum atomic E-state index is 13.0. The minimum atomic E-state index is -0.443. The number of nitrogens with one attached hydrogen (secondary N) is 1. The molecule has 1 N–H and O–H groups in total. The van der Waals surface area contributed by atoms with E-state index < -0.39 is 4.92 Å². The van der Waals surface area contributed by atoms with Crippen molar-refractivity contribution in [2.45, 2.75) is 25.9 Å². The quantitative estimate of drug-likeness (QED) is 0.668. The number of carbonyl (C=O) groups excluding carboxylic acids is 1. The number of nitro benzene ring substituents is 1. The van der Waals surface area contributed by atoms with Gasteiger partial charge in [-0.3, -0.25) is 14.9 Å². The second-order valence-corrected chi connectivity index (χ2v) is 6.13. The van der Waals surface area contributed by atoms with Crippen LogP contribution in [-0.2, 0) is 11.3 Å². The van der Waals surface area contributed by atoms with E-state index >= 15 is 0 Å². The standard InChI is InChI=1S/C18H18FN3O3/c1-12-10-15(22(24)25)6-7-16(12)20-17-8-9-21(18(17)23)11-13-2-4-14(19)5-3-13/h2-7,10,17,20H,8-9,11H2,1H3. The lowest BCUT2D eigenvalue weighted by atomic mass is 10.1. The maximum absolute atomic E-state index is 13.0. The number of nitrogens with zero attached hydrogens (tertiary/aromatic N) is 2. The van der Waals surface area contributed by atoms with Gasteiger partial charge in [-0.1, -0.05) is 12.1 Å². The lowest BCUT2D eigenvalue weighted by Crippen LogP contribution is -2.33. The Balaban J connectivity index is 1.66. The topological polar surface area (TPSA) is 75.5 Å². The minimum absolute atomic E-state index is 0.0259. The summed E-state index contributed by atoms with van der Waals surface area (Å²) < 4.78 is 13.0. The Hall–Kier alpha value is -2.96. The van der Waals surface area contributed by atoms with Gasteiger partial charge in [-0.05, 0) is 42.7 Å². The third-order valence-corrected chi connectivity index (χ3v) is 4.33. The van der Waals surface area contributed by atoms with E-state index in [0.29, 0.717) is 25.2 Å². The Morgan fingerprint density at radius 1 is 1.28 bits per heavy atom. The van der Waals surface area contributed by atoms with Crippen molar-refractivity contribution in [3.8, 4) is 0 Å². The van der Waals surface area contributed by atoms with E-state index in [1.807, 2.05) is 0 Å². The van der Waals surface area contributed by atoms with Crippen LogP contribution in [0.4, 0.5) is 15.8 Å². The molecule has 0 saturated carbocycles. The van der Waals surface area contributed by atoms with E-state index in [0.717, 1.165) is 11.1 Å². The molecule has 1 atom stereocenters. The third kappa shape index (κ3) is 3.76. The molecule has 1 unspecified atom stereocenters. The van der Waals surface area contributed by atoms with Gasteiger partial charge in [0.15, 0.2) is 0 Å². The molecular weight excluding hydrogens is 325 g/mol. The molecular formula is C18H18FN3O3. The molecule has 1 amide bonds. The highest BCUT2D eigenvalue weighted by molar-refractivity contribution is 5.87. The van der Waals surface area contributed by atoms with Crippen LogP contribution in [0, 0.1) is 22.9 Å². The summed E-state index contributed by atoms with van der Waals surface area (Å²) in [6.45, 7) is 2.82. The van der Waals surface area contributed by atoms with Gasteiger partial charge in [-0.25, -0.2) is 4.39 Å². The van der Waals surface area contributed by atoms with Crippen LogP contribution in [0.25, 0.3) is 0 Å². The largest absolute Gasteiger partial charge is 0.373 e. The summed E-state index contributed by atoms with van der Waals surface area (Å²) in [5, 5.41) is 14.0. The molecule has 6 nitrogen and oxygen atoms in total. The minimum Gasteiger partial charge on any atom is -0.373 e. The molecule has 1 heterocycles. The summed E-state index contributed by atoms with van der Waals surface area (Å²) in [6, 6.07) is 10.3. The van der Waals surface area contributed by atoms with Gasteiger partial charge >= 0.3 is 0 Å². The van der Waals surface area contributed by atoms with E-state index in [2.05, 4.69) is 5.32 Å². The zero-order valence-corrected chi connectivity index (χ0v) is 13.7. The Bertz CT molecular complexity index is 808. The highest BCUT2D eigenvalue weighted by Crippen LogP contribution is 2.25. The van der Waals surface area contributed by atoms with Gasteiger partial charge < -0.3 is 10.2 Å². The van der Waals surface area contributed by atoms with Gasteiger partial charge in [0.2, 0.25) is 5.91 Å². The molecule has 130 valence electrons. The summed E-state index contributed by atoms with van der Waals surface area (Å²) >= 11 is 0. The van der Waals surface area contributed by atoms with Crippen molar-refractivity contribution < 1.29 is 14.1 Å². The summed E-state index contributed by atoms with van der Waals surface area (Å²) in [6.07, 6.45) is 0.649. The van der Waals surface area contributed by atoms with Crippen molar-refractivity contribution in [1.82, 2.24) is 4.90 Å². The summed E-state index contributed by atoms with van der Waals surface area (Å²) in [5.74, 6) is -0.327. The molecule has 1 aliphatic heterocycles. The van der Waals surface area contributed by atoms with Crippen molar-refractivity contribution in [2.75, 3.05) is 11.9 Å². The maximum Gasteiger partial charge on any atom is 0.269 e.